The number of fused-ring (bicyclic) bond motifs is 1. The van der Waals surface area contributed by atoms with Crippen LogP contribution in [-0.4, -0.2) is 39.2 Å². The van der Waals surface area contributed by atoms with Gasteiger partial charge in [0, 0.05) is 36.1 Å². The minimum absolute atomic E-state index is 0.0232. The van der Waals surface area contributed by atoms with Crippen LogP contribution in [0, 0.1) is 0 Å². The number of rotatable bonds is 5. The standard InChI is InChI=1S/C17H16N6O2S/c1-26(24,25)11-12-2-4-14(5-3-12)22-16-17-18-6-7-23(17)15(10-19-16)13-8-20-21-9-13/h2-10H,11H2,1H3,(H,19,22)(H,20,21). The van der Waals surface area contributed by atoms with Crippen LogP contribution < -0.4 is 5.32 Å². The summed E-state index contributed by atoms with van der Waals surface area (Å²) >= 11 is 0. The number of anilines is 2. The Morgan fingerprint density at radius 3 is 2.65 bits per heavy atom. The molecule has 8 nitrogen and oxygen atoms in total. The van der Waals surface area contributed by atoms with E-state index in [9.17, 15) is 8.42 Å². The Labute approximate surface area is 149 Å². The van der Waals surface area contributed by atoms with Crippen LogP contribution in [0.2, 0.25) is 0 Å². The third-order valence-electron chi connectivity index (χ3n) is 3.87. The van der Waals surface area contributed by atoms with E-state index in [1.165, 1.54) is 6.26 Å². The molecule has 2 N–H and O–H groups in total. The van der Waals surface area contributed by atoms with Crippen molar-refractivity contribution in [3.63, 3.8) is 0 Å². The van der Waals surface area contributed by atoms with E-state index < -0.39 is 9.84 Å². The van der Waals surface area contributed by atoms with Gasteiger partial charge in [-0.05, 0) is 17.7 Å². The van der Waals surface area contributed by atoms with Gasteiger partial charge in [0.2, 0.25) is 0 Å². The first kappa shape index (κ1) is 16.3. The molecule has 3 aromatic heterocycles. The molecule has 132 valence electrons. The highest BCUT2D eigenvalue weighted by molar-refractivity contribution is 7.89. The van der Waals surface area contributed by atoms with Crippen molar-refractivity contribution in [1.82, 2.24) is 24.6 Å². The number of H-pyrrole nitrogens is 1. The monoisotopic (exact) mass is 368 g/mol. The first-order valence-electron chi connectivity index (χ1n) is 7.84. The predicted octanol–water partition coefficient (Wildman–Crippen LogP) is 2.41. The van der Waals surface area contributed by atoms with E-state index in [0.29, 0.717) is 11.5 Å². The van der Waals surface area contributed by atoms with Gasteiger partial charge in [0.15, 0.2) is 21.3 Å². The molecular formula is C17H16N6O2S. The first-order valence-corrected chi connectivity index (χ1v) is 9.90. The third-order valence-corrected chi connectivity index (χ3v) is 4.73. The smallest absolute Gasteiger partial charge is 0.180 e. The summed E-state index contributed by atoms with van der Waals surface area (Å²) in [5, 5.41) is 9.99. The molecule has 0 saturated heterocycles. The minimum atomic E-state index is -3.05. The number of nitrogens with zero attached hydrogens (tertiary/aromatic N) is 4. The van der Waals surface area contributed by atoms with E-state index >= 15 is 0 Å². The zero-order chi connectivity index (χ0) is 18.1. The predicted molar refractivity (Wildman–Crippen MR) is 98.8 cm³/mol. The van der Waals surface area contributed by atoms with Gasteiger partial charge in [-0.1, -0.05) is 12.1 Å². The van der Waals surface area contributed by atoms with Crippen LogP contribution >= 0.6 is 0 Å². The lowest BCUT2D eigenvalue weighted by atomic mass is 10.2. The van der Waals surface area contributed by atoms with Gasteiger partial charge in [0.25, 0.3) is 0 Å². The highest BCUT2D eigenvalue weighted by atomic mass is 32.2. The second kappa shape index (κ2) is 6.26. The van der Waals surface area contributed by atoms with Crippen LogP contribution in [0.4, 0.5) is 11.5 Å². The van der Waals surface area contributed by atoms with Crippen LogP contribution in [0.1, 0.15) is 5.56 Å². The highest BCUT2D eigenvalue weighted by Crippen LogP contribution is 2.24. The maximum absolute atomic E-state index is 11.4. The topological polar surface area (TPSA) is 105 Å². The van der Waals surface area contributed by atoms with Crippen LogP contribution in [0.15, 0.2) is 55.2 Å². The van der Waals surface area contributed by atoms with E-state index in [1.54, 1.807) is 36.9 Å². The molecule has 0 spiro atoms. The van der Waals surface area contributed by atoms with Crippen molar-refractivity contribution in [1.29, 1.82) is 0 Å². The Morgan fingerprint density at radius 1 is 1.15 bits per heavy atom. The largest absolute Gasteiger partial charge is 0.337 e. The van der Waals surface area contributed by atoms with Crippen molar-refractivity contribution < 1.29 is 8.42 Å². The van der Waals surface area contributed by atoms with Gasteiger partial charge in [-0.25, -0.2) is 18.4 Å². The lowest BCUT2D eigenvalue weighted by Crippen LogP contribution is -2.02. The summed E-state index contributed by atoms with van der Waals surface area (Å²) in [7, 11) is -3.05. The number of aromatic amines is 1. The molecule has 0 aliphatic heterocycles. The minimum Gasteiger partial charge on any atom is -0.337 e. The van der Waals surface area contributed by atoms with Gasteiger partial charge in [-0.3, -0.25) is 9.50 Å². The molecule has 0 aliphatic carbocycles. The molecule has 3 heterocycles. The molecule has 0 radical (unpaired) electrons. The summed E-state index contributed by atoms with van der Waals surface area (Å²) in [6, 6.07) is 7.22. The molecule has 0 fully saturated rings. The van der Waals surface area contributed by atoms with Gasteiger partial charge in [0.05, 0.1) is 23.8 Å². The van der Waals surface area contributed by atoms with Crippen molar-refractivity contribution in [3.05, 3.63) is 60.8 Å². The van der Waals surface area contributed by atoms with E-state index in [4.69, 9.17) is 0 Å². The fourth-order valence-corrected chi connectivity index (χ4v) is 3.53. The maximum Gasteiger partial charge on any atom is 0.180 e. The molecule has 4 aromatic rings. The van der Waals surface area contributed by atoms with E-state index in [-0.39, 0.29) is 5.75 Å². The van der Waals surface area contributed by atoms with Gasteiger partial charge >= 0.3 is 0 Å². The number of imidazole rings is 1. The van der Waals surface area contributed by atoms with E-state index in [2.05, 4.69) is 25.5 Å². The van der Waals surface area contributed by atoms with Gasteiger partial charge in [-0.15, -0.1) is 0 Å². The molecule has 0 aliphatic rings. The van der Waals surface area contributed by atoms with Gasteiger partial charge in [-0.2, -0.15) is 5.10 Å². The van der Waals surface area contributed by atoms with Crippen molar-refractivity contribution >= 4 is 27.0 Å². The molecular weight excluding hydrogens is 352 g/mol. The second-order valence-electron chi connectivity index (χ2n) is 5.99. The summed E-state index contributed by atoms with van der Waals surface area (Å²) in [5.74, 6) is 0.633. The summed E-state index contributed by atoms with van der Waals surface area (Å²) < 4.78 is 24.7. The molecule has 0 bridgehead atoms. The lowest BCUT2D eigenvalue weighted by Gasteiger charge is -2.10. The van der Waals surface area contributed by atoms with Crippen LogP contribution in [0.5, 0.6) is 0 Å². The quantitative estimate of drug-likeness (QED) is 0.560. The third kappa shape index (κ3) is 3.29. The summed E-state index contributed by atoms with van der Waals surface area (Å²) in [5.41, 5.74) is 4.02. The molecule has 0 unspecified atom stereocenters. The Kier molecular flexibility index (Phi) is 3.92. The highest BCUT2D eigenvalue weighted by Gasteiger charge is 2.11. The SMILES string of the molecule is CS(=O)(=O)Cc1ccc(Nc2ncc(-c3cn[nH]c3)n3ccnc23)cc1. The van der Waals surface area contributed by atoms with Crippen molar-refractivity contribution in [2.24, 2.45) is 0 Å². The molecule has 0 saturated carbocycles. The fraction of sp³-hybridized carbons (Fsp3) is 0.118. The van der Waals surface area contributed by atoms with Crippen molar-refractivity contribution in [3.8, 4) is 11.3 Å². The molecule has 0 atom stereocenters. The Balaban J connectivity index is 1.64. The van der Waals surface area contributed by atoms with Crippen LogP contribution in [0.25, 0.3) is 16.9 Å². The number of hydrogen-bond donors (Lipinski definition) is 2. The Hall–Kier alpha value is -3.20. The number of hydrogen-bond acceptors (Lipinski definition) is 6. The summed E-state index contributed by atoms with van der Waals surface area (Å²) in [4.78, 5) is 8.86. The first-order chi connectivity index (χ1) is 12.5. The number of nitrogens with one attached hydrogen (secondary N) is 2. The lowest BCUT2D eigenvalue weighted by molar-refractivity contribution is 0.601. The molecule has 1 aromatic carbocycles. The van der Waals surface area contributed by atoms with Crippen molar-refractivity contribution in [2.75, 3.05) is 11.6 Å². The summed E-state index contributed by atoms with van der Waals surface area (Å²) in [6.45, 7) is 0. The Morgan fingerprint density at radius 2 is 1.96 bits per heavy atom. The van der Waals surface area contributed by atoms with Gasteiger partial charge < -0.3 is 5.32 Å². The Bertz CT molecular complexity index is 1150. The van der Waals surface area contributed by atoms with Crippen LogP contribution in [-0.2, 0) is 15.6 Å². The molecule has 26 heavy (non-hydrogen) atoms. The number of sulfone groups is 1. The summed E-state index contributed by atoms with van der Waals surface area (Å²) in [6.07, 6.45) is 10.1. The normalized spacial score (nSPS) is 11.7. The van der Waals surface area contributed by atoms with Crippen LogP contribution in [0.3, 0.4) is 0 Å². The zero-order valence-corrected chi connectivity index (χ0v) is 14.7. The molecule has 4 rings (SSSR count). The zero-order valence-electron chi connectivity index (χ0n) is 13.9. The fourth-order valence-electron chi connectivity index (χ4n) is 2.74. The van der Waals surface area contributed by atoms with E-state index in [0.717, 1.165) is 22.5 Å². The number of aromatic nitrogens is 5. The molecule has 9 heteroatoms. The average Bonchev–Trinajstić information content (AvgIpc) is 3.27. The second-order valence-corrected chi connectivity index (χ2v) is 8.13. The van der Waals surface area contributed by atoms with Gasteiger partial charge in [0.1, 0.15) is 0 Å². The molecule has 0 amide bonds. The maximum atomic E-state index is 11.4. The van der Waals surface area contributed by atoms with Crippen molar-refractivity contribution in [2.45, 2.75) is 5.75 Å². The average molecular weight is 368 g/mol. The van der Waals surface area contributed by atoms with E-state index in [1.807, 2.05) is 22.7 Å². The number of benzene rings is 1.